The van der Waals surface area contributed by atoms with Gasteiger partial charge in [0.05, 0.1) is 18.9 Å². The largest absolute Gasteiger partial charge is 0.397 e. The summed E-state index contributed by atoms with van der Waals surface area (Å²) in [7, 11) is 1.65. The average Bonchev–Trinajstić information content (AvgIpc) is 2.79. The lowest BCUT2D eigenvalue weighted by Crippen LogP contribution is -2.24. The van der Waals surface area contributed by atoms with Crippen molar-refractivity contribution in [2.45, 2.75) is 12.8 Å². The van der Waals surface area contributed by atoms with E-state index in [2.05, 4.69) is 5.32 Å². The van der Waals surface area contributed by atoms with Crippen LogP contribution in [0.25, 0.3) is 0 Å². The Morgan fingerprint density at radius 1 is 1.39 bits per heavy atom. The van der Waals surface area contributed by atoms with Crippen molar-refractivity contribution in [3.05, 3.63) is 16.3 Å². The van der Waals surface area contributed by atoms with Crippen molar-refractivity contribution in [2.24, 2.45) is 0 Å². The molecule has 102 valence electrons. The van der Waals surface area contributed by atoms with Gasteiger partial charge in [0.25, 0.3) is 5.91 Å². The van der Waals surface area contributed by atoms with Gasteiger partial charge < -0.3 is 20.5 Å². The Morgan fingerprint density at radius 3 is 2.89 bits per heavy atom. The van der Waals surface area contributed by atoms with E-state index in [-0.39, 0.29) is 5.91 Å². The number of hydrogen-bond acceptors (Lipinski definition) is 5. The molecule has 0 fully saturated rings. The summed E-state index contributed by atoms with van der Waals surface area (Å²) in [5, 5.41) is 4.65. The van der Waals surface area contributed by atoms with Crippen molar-refractivity contribution < 1.29 is 14.3 Å². The maximum Gasteiger partial charge on any atom is 0.263 e. The van der Waals surface area contributed by atoms with Crippen LogP contribution in [0.1, 0.15) is 22.5 Å². The number of hydrogen-bond donors (Lipinski definition) is 2. The van der Waals surface area contributed by atoms with Crippen LogP contribution in [-0.2, 0) is 9.47 Å². The van der Waals surface area contributed by atoms with Crippen LogP contribution in [0.5, 0.6) is 0 Å². The van der Waals surface area contributed by atoms with Gasteiger partial charge in [-0.3, -0.25) is 4.79 Å². The number of nitrogen functional groups attached to an aromatic ring is 1. The number of carbonyl (C=O) groups is 1. The van der Waals surface area contributed by atoms with E-state index in [1.807, 2.05) is 5.38 Å². The van der Waals surface area contributed by atoms with Gasteiger partial charge in [0.2, 0.25) is 0 Å². The number of amides is 1. The molecule has 0 saturated heterocycles. The number of nitrogens with one attached hydrogen (secondary N) is 1. The SMILES string of the molecule is COCCOCCCCNC(=O)c1sccc1N. The van der Waals surface area contributed by atoms with Gasteiger partial charge in [-0.25, -0.2) is 0 Å². The molecule has 3 N–H and O–H groups in total. The Morgan fingerprint density at radius 2 is 2.22 bits per heavy atom. The van der Waals surface area contributed by atoms with E-state index in [0.717, 1.165) is 12.8 Å². The average molecular weight is 272 g/mol. The lowest BCUT2D eigenvalue weighted by molar-refractivity contribution is 0.0686. The zero-order valence-corrected chi connectivity index (χ0v) is 11.4. The molecule has 0 bridgehead atoms. The van der Waals surface area contributed by atoms with Crippen LogP contribution in [0.15, 0.2) is 11.4 Å². The van der Waals surface area contributed by atoms with Crippen LogP contribution in [0, 0.1) is 0 Å². The minimum Gasteiger partial charge on any atom is -0.397 e. The summed E-state index contributed by atoms with van der Waals surface area (Å²) in [6.07, 6.45) is 1.81. The first-order chi connectivity index (χ1) is 8.75. The number of ether oxygens (including phenoxy) is 2. The molecule has 1 rings (SSSR count). The van der Waals surface area contributed by atoms with Gasteiger partial charge in [-0.15, -0.1) is 11.3 Å². The summed E-state index contributed by atoms with van der Waals surface area (Å²) in [4.78, 5) is 12.3. The summed E-state index contributed by atoms with van der Waals surface area (Å²) >= 11 is 1.36. The van der Waals surface area contributed by atoms with Crippen LogP contribution in [0.3, 0.4) is 0 Å². The molecule has 6 heteroatoms. The molecule has 18 heavy (non-hydrogen) atoms. The molecule has 0 saturated carbocycles. The van der Waals surface area contributed by atoms with Crippen molar-refractivity contribution in [2.75, 3.05) is 39.2 Å². The fraction of sp³-hybridized carbons (Fsp3) is 0.583. The lowest BCUT2D eigenvalue weighted by Gasteiger charge is -2.05. The van der Waals surface area contributed by atoms with Gasteiger partial charge in [-0.05, 0) is 24.3 Å². The normalized spacial score (nSPS) is 10.5. The number of carbonyl (C=O) groups excluding carboxylic acids is 1. The molecule has 0 radical (unpaired) electrons. The number of rotatable bonds is 9. The molecule has 0 unspecified atom stereocenters. The minimum atomic E-state index is -0.0946. The van der Waals surface area contributed by atoms with Crippen LogP contribution < -0.4 is 11.1 Å². The van der Waals surface area contributed by atoms with Crippen molar-refractivity contribution in [1.82, 2.24) is 5.32 Å². The molecule has 0 aliphatic heterocycles. The lowest BCUT2D eigenvalue weighted by atomic mass is 10.3. The summed E-state index contributed by atoms with van der Waals surface area (Å²) in [5.74, 6) is -0.0946. The van der Waals surface area contributed by atoms with Crippen molar-refractivity contribution in [3.63, 3.8) is 0 Å². The second-order valence-electron chi connectivity index (χ2n) is 3.77. The molecule has 1 heterocycles. The zero-order valence-electron chi connectivity index (χ0n) is 10.6. The molecular formula is C12H20N2O3S. The first kappa shape index (κ1) is 14.9. The highest BCUT2D eigenvalue weighted by molar-refractivity contribution is 7.12. The zero-order chi connectivity index (χ0) is 13.2. The third-order valence-corrected chi connectivity index (χ3v) is 3.26. The van der Waals surface area contributed by atoms with E-state index < -0.39 is 0 Å². The standard InChI is InChI=1S/C12H20N2O3S/c1-16-7-8-17-6-3-2-5-14-12(15)11-10(13)4-9-18-11/h4,9H,2-3,5-8,13H2,1H3,(H,14,15). The molecule has 1 amide bonds. The van der Waals surface area contributed by atoms with E-state index in [9.17, 15) is 4.79 Å². The second kappa shape index (κ2) is 8.91. The summed E-state index contributed by atoms with van der Waals surface area (Å²) < 4.78 is 10.2. The Kier molecular flexibility index (Phi) is 7.40. The molecule has 1 aromatic rings. The van der Waals surface area contributed by atoms with E-state index in [1.54, 1.807) is 13.2 Å². The van der Waals surface area contributed by atoms with Crippen LogP contribution in [0.2, 0.25) is 0 Å². The van der Waals surface area contributed by atoms with E-state index in [4.69, 9.17) is 15.2 Å². The highest BCUT2D eigenvalue weighted by Crippen LogP contribution is 2.18. The smallest absolute Gasteiger partial charge is 0.263 e. The Bertz CT molecular complexity index is 355. The number of anilines is 1. The van der Waals surface area contributed by atoms with Gasteiger partial charge in [-0.2, -0.15) is 0 Å². The monoisotopic (exact) mass is 272 g/mol. The van der Waals surface area contributed by atoms with Gasteiger partial charge in [0.1, 0.15) is 4.88 Å². The Labute approximate surface area is 111 Å². The summed E-state index contributed by atoms with van der Waals surface area (Å²) in [6.45, 7) is 2.58. The van der Waals surface area contributed by atoms with Crippen LogP contribution in [-0.4, -0.2) is 39.4 Å². The highest BCUT2D eigenvalue weighted by Gasteiger charge is 2.09. The van der Waals surface area contributed by atoms with Crippen LogP contribution >= 0.6 is 11.3 Å². The molecule has 5 nitrogen and oxygen atoms in total. The first-order valence-electron chi connectivity index (χ1n) is 5.93. The molecule has 1 aromatic heterocycles. The first-order valence-corrected chi connectivity index (χ1v) is 6.81. The molecule has 0 aliphatic carbocycles. The Hall–Kier alpha value is -1.11. The molecule has 0 aromatic carbocycles. The number of thiophene rings is 1. The number of unbranched alkanes of at least 4 members (excludes halogenated alkanes) is 1. The van der Waals surface area contributed by atoms with E-state index in [1.165, 1.54) is 11.3 Å². The quantitative estimate of drug-likeness (QED) is 0.668. The van der Waals surface area contributed by atoms with Crippen molar-refractivity contribution >= 4 is 22.9 Å². The maximum absolute atomic E-state index is 11.7. The topological polar surface area (TPSA) is 73.6 Å². The van der Waals surface area contributed by atoms with Crippen LogP contribution in [0.4, 0.5) is 5.69 Å². The van der Waals surface area contributed by atoms with Gasteiger partial charge >= 0.3 is 0 Å². The predicted molar refractivity (Wildman–Crippen MR) is 73.0 cm³/mol. The number of nitrogens with two attached hydrogens (primary N) is 1. The third kappa shape index (κ3) is 5.48. The molecule has 0 aliphatic rings. The third-order valence-electron chi connectivity index (χ3n) is 2.33. The highest BCUT2D eigenvalue weighted by atomic mass is 32.1. The van der Waals surface area contributed by atoms with Gasteiger partial charge in [-0.1, -0.05) is 0 Å². The molecular weight excluding hydrogens is 252 g/mol. The maximum atomic E-state index is 11.7. The summed E-state index contributed by atoms with van der Waals surface area (Å²) in [5.41, 5.74) is 6.20. The van der Waals surface area contributed by atoms with E-state index in [0.29, 0.717) is 36.9 Å². The molecule has 0 spiro atoms. The second-order valence-corrected chi connectivity index (χ2v) is 4.69. The van der Waals surface area contributed by atoms with E-state index >= 15 is 0 Å². The minimum absolute atomic E-state index is 0.0946. The fourth-order valence-electron chi connectivity index (χ4n) is 1.36. The van der Waals surface area contributed by atoms with Crippen molar-refractivity contribution in [3.8, 4) is 0 Å². The van der Waals surface area contributed by atoms with Gasteiger partial charge in [0, 0.05) is 20.3 Å². The fourth-order valence-corrected chi connectivity index (χ4v) is 2.09. The molecule has 0 atom stereocenters. The van der Waals surface area contributed by atoms with Gasteiger partial charge in [0.15, 0.2) is 0 Å². The van der Waals surface area contributed by atoms with Crippen molar-refractivity contribution in [1.29, 1.82) is 0 Å². The predicted octanol–water partition coefficient (Wildman–Crippen LogP) is 1.50. The Balaban J connectivity index is 2.01. The number of methoxy groups -OCH3 is 1. The summed E-state index contributed by atoms with van der Waals surface area (Å²) in [6, 6.07) is 1.74.